The lowest BCUT2D eigenvalue weighted by Crippen LogP contribution is -2.31. The van der Waals surface area contributed by atoms with Crippen LogP contribution >= 0.6 is 0 Å². The summed E-state index contributed by atoms with van der Waals surface area (Å²) in [5, 5.41) is 46.4. The second-order valence-electron chi connectivity index (χ2n) is 30.1. The molecule has 1 aliphatic heterocycles. The number of carbonyl (C=O) groups excluding carboxylic acids is 4. The number of nitrogens with one attached hydrogen (secondary N) is 9. The number of hydrogen-bond acceptors (Lipinski definition) is 29. The maximum absolute atomic E-state index is 13.6. The standard InChI is InChI=1S/C89H100N28O8/c1-15-81(119)96-62-46-65(99-87-91-36-33-78(103-87)115-68-29-21-19-27-60(68)85(107-115)93-56-34-43-125-54-56)74(122-12)50-72(62)113(10)41-38-111(8)53-58-45-80(117-70-31-23-20-28-61(70)86(108-117)102-77-32-24-25-35-90-77)105-89(95-58)101-67-48-64(98-83(121)17-3)73(51-76(67)124-14)114(11)42-39-110(7)52-57-44-79(116-69-30-22-18-26-59(69)84(106-116)92-55(4)118)104-88(94-57)100-66-47-63(97-82(120)16-2)71(49-75(66)123-13)112(9)40-37-109(5)6/h15-33,35-36,44-51,56H,1-3,34,37-43,52-54H2,4-14H3,(H,93,107)(H,96,119)(H,97,120)(H,98,121)(H,90,102,108)(H,91,99,103)(H,92,106,118)(H,94,100,104)(H,95,101,105). The van der Waals surface area contributed by atoms with Crippen molar-refractivity contribution in [2.45, 2.75) is 32.5 Å². The normalized spacial score (nSPS) is 12.4. The van der Waals surface area contributed by atoms with Crippen LogP contribution in [0.25, 0.3) is 50.2 Å². The van der Waals surface area contributed by atoms with Gasteiger partial charge < -0.3 is 86.4 Å². The Labute approximate surface area is 722 Å². The zero-order valence-electron chi connectivity index (χ0n) is 71.5. The van der Waals surface area contributed by atoms with Crippen molar-refractivity contribution in [1.82, 2.24) is 78.9 Å². The Hall–Kier alpha value is -15.1. The molecule has 1 atom stereocenters. The van der Waals surface area contributed by atoms with E-state index in [1.165, 1.54) is 25.2 Å². The van der Waals surface area contributed by atoms with Crippen LogP contribution in [0.5, 0.6) is 17.2 Å². The average molecular weight is 1690 g/mol. The molecule has 9 N–H and O–H groups in total. The van der Waals surface area contributed by atoms with Crippen LogP contribution in [0.2, 0.25) is 0 Å². The quantitative estimate of drug-likeness (QED) is 0.0162. The Morgan fingerprint density at radius 1 is 0.448 bits per heavy atom. The summed E-state index contributed by atoms with van der Waals surface area (Å²) in [6.07, 6.45) is 7.84. The van der Waals surface area contributed by atoms with E-state index in [0.717, 1.165) is 40.6 Å². The molecule has 0 aliphatic carbocycles. The number of amides is 4. The van der Waals surface area contributed by atoms with E-state index in [0.29, 0.717) is 185 Å². The summed E-state index contributed by atoms with van der Waals surface area (Å²) in [5.74, 6) is 3.86. The zero-order chi connectivity index (χ0) is 88.0. The first kappa shape index (κ1) is 86.2. The van der Waals surface area contributed by atoms with E-state index in [1.54, 1.807) is 72.0 Å². The van der Waals surface area contributed by atoms with Gasteiger partial charge in [-0.15, -0.1) is 15.3 Å². The van der Waals surface area contributed by atoms with Gasteiger partial charge in [-0.2, -0.15) is 15.0 Å². The van der Waals surface area contributed by atoms with Crippen molar-refractivity contribution in [1.29, 1.82) is 0 Å². The molecule has 1 aliphatic rings. The molecule has 7 aromatic heterocycles. The van der Waals surface area contributed by atoms with Gasteiger partial charge in [-0.25, -0.2) is 34.0 Å². The van der Waals surface area contributed by atoms with Gasteiger partial charge in [0.2, 0.25) is 41.5 Å². The monoisotopic (exact) mass is 1690 g/mol. The highest BCUT2D eigenvalue weighted by Gasteiger charge is 2.27. The number of rotatable bonds is 39. The Morgan fingerprint density at radius 2 is 0.872 bits per heavy atom. The molecular weight excluding hydrogens is 1590 g/mol. The summed E-state index contributed by atoms with van der Waals surface area (Å²) >= 11 is 0. The van der Waals surface area contributed by atoms with E-state index < -0.39 is 17.7 Å². The number of nitrogens with zero attached hydrogens (tertiary/aromatic N) is 19. The van der Waals surface area contributed by atoms with Crippen molar-refractivity contribution in [3.63, 3.8) is 0 Å². The van der Waals surface area contributed by atoms with E-state index >= 15 is 0 Å². The average Bonchev–Trinajstić information content (AvgIpc) is 1.66. The Balaban J connectivity index is 0.735. The lowest BCUT2D eigenvalue weighted by Gasteiger charge is -2.27. The number of aromatic nitrogens is 13. The van der Waals surface area contributed by atoms with Crippen molar-refractivity contribution in [2.75, 3.05) is 186 Å². The molecule has 36 heteroatoms. The summed E-state index contributed by atoms with van der Waals surface area (Å²) in [5.41, 5.74) is 8.13. The number of carbonyl (C=O) groups is 4. The predicted molar refractivity (Wildman–Crippen MR) is 491 cm³/mol. The first-order chi connectivity index (χ1) is 60.5. The highest BCUT2D eigenvalue weighted by molar-refractivity contribution is 6.05. The first-order valence-corrected chi connectivity index (χ1v) is 40.3. The number of hydrogen-bond donors (Lipinski definition) is 9. The Kier molecular flexibility index (Phi) is 27.0. The van der Waals surface area contributed by atoms with Crippen LogP contribution in [0, 0.1) is 0 Å². The van der Waals surface area contributed by atoms with Gasteiger partial charge in [0.1, 0.15) is 23.1 Å². The molecule has 0 radical (unpaired) electrons. The number of benzene rings is 6. The van der Waals surface area contributed by atoms with Crippen LogP contribution in [0.1, 0.15) is 24.7 Å². The summed E-state index contributed by atoms with van der Waals surface area (Å²) in [7, 11) is 18.4. The molecule has 0 saturated carbocycles. The van der Waals surface area contributed by atoms with Gasteiger partial charge in [0.05, 0.1) is 113 Å². The highest BCUT2D eigenvalue weighted by atomic mass is 16.5. The van der Waals surface area contributed by atoms with Gasteiger partial charge in [-0.05, 0) is 120 Å². The lowest BCUT2D eigenvalue weighted by atomic mass is 10.2. The van der Waals surface area contributed by atoms with Crippen molar-refractivity contribution < 1.29 is 38.1 Å². The Morgan fingerprint density at radius 3 is 1.31 bits per heavy atom. The fourth-order valence-electron chi connectivity index (χ4n) is 14.3. The second-order valence-corrected chi connectivity index (χ2v) is 30.1. The van der Waals surface area contributed by atoms with Crippen LogP contribution in [0.15, 0.2) is 196 Å². The van der Waals surface area contributed by atoms with E-state index in [-0.39, 0.29) is 29.8 Å². The number of fused-ring (bicyclic) bond motifs is 3. The maximum Gasteiger partial charge on any atom is 0.247 e. The van der Waals surface area contributed by atoms with Crippen LogP contribution in [0.3, 0.4) is 0 Å². The number of anilines is 16. The van der Waals surface area contributed by atoms with E-state index in [1.807, 2.05) is 185 Å². The van der Waals surface area contributed by atoms with E-state index in [9.17, 15) is 19.2 Å². The summed E-state index contributed by atoms with van der Waals surface area (Å²) in [4.78, 5) is 99.2. The van der Waals surface area contributed by atoms with Crippen molar-refractivity contribution in [3.05, 3.63) is 207 Å². The maximum atomic E-state index is 13.6. The summed E-state index contributed by atoms with van der Waals surface area (Å²) in [6, 6.07) is 45.3. The lowest BCUT2D eigenvalue weighted by molar-refractivity contribution is -0.114. The van der Waals surface area contributed by atoms with Crippen LogP contribution < -0.4 is 76.8 Å². The topological polar surface area (TPSA) is 377 Å². The highest BCUT2D eigenvalue weighted by Crippen LogP contribution is 2.43. The van der Waals surface area contributed by atoms with Crippen LogP contribution in [-0.4, -0.2) is 232 Å². The van der Waals surface area contributed by atoms with Crippen molar-refractivity contribution in [3.8, 4) is 34.7 Å². The minimum absolute atomic E-state index is 0.133. The van der Waals surface area contributed by atoms with Gasteiger partial charge in [0, 0.05) is 152 Å². The summed E-state index contributed by atoms with van der Waals surface area (Å²) < 4.78 is 29.1. The summed E-state index contributed by atoms with van der Waals surface area (Å²) in [6.45, 7) is 17.7. The molecule has 1 fully saturated rings. The minimum Gasteiger partial charge on any atom is -0.494 e. The van der Waals surface area contributed by atoms with Crippen molar-refractivity contribution >= 4 is 149 Å². The minimum atomic E-state index is -0.462. The van der Waals surface area contributed by atoms with Crippen LogP contribution in [0.4, 0.5) is 92.3 Å². The molecule has 36 nitrogen and oxygen atoms in total. The zero-order valence-corrected chi connectivity index (χ0v) is 71.5. The van der Waals surface area contributed by atoms with E-state index in [4.69, 9.17) is 59.2 Å². The molecule has 644 valence electrons. The molecule has 8 heterocycles. The molecule has 0 spiro atoms. The SMILES string of the molecule is C=CC(=O)Nc1cc(Nc2nc(CN(C)CCN(C)c3cc(OC)c(Nc4nc(CN(C)CCN(C)c5cc(OC)c(Nc6nccc(-n7nc(NC8CCOC8)c8ccccc87)n6)cc5NC(=O)C=C)cc(-n5nc(Nc6ccccn6)c6ccccc65)n4)cc3NC(=O)C=C)cc(-n3nc(NC(C)=O)c4ccccc43)n2)c(OC)cc1N(C)CCN(C)C. The molecule has 125 heavy (non-hydrogen) atoms. The number of methoxy groups -OCH3 is 3. The predicted octanol–water partition coefficient (Wildman–Crippen LogP) is 12.1. The van der Waals surface area contributed by atoms with E-state index in [2.05, 4.69) is 92.3 Å². The van der Waals surface area contributed by atoms with Gasteiger partial charge in [0.15, 0.2) is 34.9 Å². The molecule has 0 bridgehead atoms. The molecule has 1 saturated heterocycles. The smallest absolute Gasteiger partial charge is 0.247 e. The fraction of sp³-hybridized carbons (Fsp3) is 0.258. The molecule has 4 amide bonds. The third-order valence-electron chi connectivity index (χ3n) is 20.7. The number of para-hydroxylation sites is 3. The van der Waals surface area contributed by atoms with Crippen LogP contribution in [-0.2, 0) is 37.0 Å². The van der Waals surface area contributed by atoms with Crippen molar-refractivity contribution in [2.24, 2.45) is 0 Å². The first-order valence-electron chi connectivity index (χ1n) is 40.3. The number of pyridine rings is 1. The van der Waals surface area contributed by atoms with Gasteiger partial charge in [-0.1, -0.05) is 62.2 Å². The van der Waals surface area contributed by atoms with Gasteiger partial charge in [-0.3, -0.25) is 29.0 Å². The number of ether oxygens (including phenoxy) is 4. The molecular formula is C89H100N28O8. The molecule has 13 aromatic rings. The molecule has 1 unspecified atom stereocenters. The van der Waals surface area contributed by atoms with Gasteiger partial charge in [0.25, 0.3) is 0 Å². The fourth-order valence-corrected chi connectivity index (χ4v) is 14.3. The third kappa shape index (κ3) is 20.6. The van der Waals surface area contributed by atoms with Gasteiger partial charge >= 0.3 is 0 Å². The largest absolute Gasteiger partial charge is 0.494 e. The molecule has 14 rings (SSSR count). The second kappa shape index (κ2) is 39.1. The third-order valence-corrected chi connectivity index (χ3v) is 20.7. The molecule has 6 aromatic carbocycles. The number of likely N-dealkylation sites (N-methyl/N-ethyl adjacent to an activating group) is 6. The Bertz CT molecular complexity index is 6150.